The molecule has 140 valence electrons. The van der Waals surface area contributed by atoms with Crippen LogP contribution >= 0.6 is 0 Å². The number of carbonyl (C=O) groups is 1. The average molecular weight is 375 g/mol. The number of benzene rings is 2. The number of aromatic amines is 1. The number of hydrogen-bond donors (Lipinski definition) is 2. The lowest BCUT2D eigenvalue weighted by molar-refractivity contribution is -0.119. The minimum atomic E-state index is -0.531. The highest BCUT2D eigenvalue weighted by atomic mass is 16.5. The van der Waals surface area contributed by atoms with Crippen molar-refractivity contribution in [2.24, 2.45) is 5.73 Å². The smallest absolute Gasteiger partial charge is 0.276 e. The Labute approximate surface area is 160 Å². The third-order valence-corrected chi connectivity index (χ3v) is 4.08. The number of nitrogens with zero attached hydrogens (tertiary/aromatic N) is 3. The Morgan fingerprint density at radius 1 is 1.11 bits per heavy atom. The number of rotatable bonds is 6. The summed E-state index contributed by atoms with van der Waals surface area (Å²) in [5.74, 6) is 0.775. The van der Waals surface area contributed by atoms with Gasteiger partial charge in [0.2, 0.25) is 5.82 Å². The van der Waals surface area contributed by atoms with Crippen molar-refractivity contribution in [1.29, 1.82) is 0 Å². The lowest BCUT2D eigenvalue weighted by Gasteiger charge is -2.03. The summed E-state index contributed by atoms with van der Waals surface area (Å²) in [5.41, 5.74) is 9.43. The van der Waals surface area contributed by atoms with Crippen molar-refractivity contribution in [2.45, 2.75) is 6.92 Å². The number of ether oxygens (including phenoxy) is 1. The molecule has 8 heteroatoms. The van der Waals surface area contributed by atoms with Crippen LogP contribution in [0.3, 0.4) is 0 Å². The molecule has 8 nitrogen and oxygen atoms in total. The van der Waals surface area contributed by atoms with Crippen LogP contribution in [0.5, 0.6) is 5.75 Å². The maximum absolute atomic E-state index is 10.8. The number of H-pyrrole nitrogens is 1. The van der Waals surface area contributed by atoms with Crippen molar-refractivity contribution in [3.8, 4) is 40.0 Å². The molecule has 0 radical (unpaired) electrons. The molecule has 1 amide bonds. The Bertz CT molecular complexity index is 1100. The number of aromatic nitrogens is 4. The predicted molar refractivity (Wildman–Crippen MR) is 102 cm³/mol. The Morgan fingerprint density at radius 3 is 2.54 bits per heavy atom. The van der Waals surface area contributed by atoms with E-state index in [-0.39, 0.29) is 6.61 Å². The van der Waals surface area contributed by atoms with E-state index in [0.29, 0.717) is 23.2 Å². The number of amides is 1. The first-order valence-corrected chi connectivity index (χ1v) is 8.56. The molecule has 0 unspecified atom stereocenters. The molecule has 2 heterocycles. The molecule has 0 spiro atoms. The third kappa shape index (κ3) is 3.75. The fourth-order valence-electron chi connectivity index (χ4n) is 2.61. The molecule has 28 heavy (non-hydrogen) atoms. The van der Waals surface area contributed by atoms with Gasteiger partial charge < -0.3 is 15.0 Å². The van der Waals surface area contributed by atoms with Crippen LogP contribution in [0.2, 0.25) is 0 Å². The normalized spacial score (nSPS) is 10.8. The van der Waals surface area contributed by atoms with Crippen molar-refractivity contribution in [2.75, 3.05) is 6.61 Å². The second-order valence-electron chi connectivity index (χ2n) is 6.24. The summed E-state index contributed by atoms with van der Waals surface area (Å²) in [7, 11) is 0. The fourth-order valence-corrected chi connectivity index (χ4v) is 2.61. The zero-order valence-electron chi connectivity index (χ0n) is 15.0. The average Bonchev–Trinajstić information content (AvgIpc) is 3.37. The molecule has 0 atom stereocenters. The molecule has 0 aliphatic rings. The van der Waals surface area contributed by atoms with E-state index >= 15 is 0 Å². The molecule has 4 rings (SSSR count). The van der Waals surface area contributed by atoms with Crippen LogP contribution in [0.15, 0.2) is 59.1 Å². The van der Waals surface area contributed by atoms with Gasteiger partial charge in [-0.3, -0.25) is 9.89 Å². The van der Waals surface area contributed by atoms with Gasteiger partial charge in [-0.25, -0.2) is 0 Å². The maximum Gasteiger partial charge on any atom is 0.276 e. The monoisotopic (exact) mass is 375 g/mol. The molecule has 2 aromatic carbocycles. The van der Waals surface area contributed by atoms with Crippen molar-refractivity contribution in [3.63, 3.8) is 0 Å². The summed E-state index contributed by atoms with van der Waals surface area (Å²) in [4.78, 5) is 15.2. The molecule has 0 fully saturated rings. The first kappa shape index (κ1) is 17.5. The van der Waals surface area contributed by atoms with E-state index in [4.69, 9.17) is 15.0 Å². The number of primary amides is 1. The molecular weight excluding hydrogens is 358 g/mol. The highest BCUT2D eigenvalue weighted by Gasteiger charge is 2.14. The van der Waals surface area contributed by atoms with E-state index in [2.05, 4.69) is 20.3 Å². The van der Waals surface area contributed by atoms with Gasteiger partial charge in [0.15, 0.2) is 6.61 Å². The van der Waals surface area contributed by atoms with E-state index in [9.17, 15) is 4.79 Å². The lowest BCUT2D eigenvalue weighted by atomic mass is 10.1. The summed E-state index contributed by atoms with van der Waals surface area (Å²) < 4.78 is 10.6. The Morgan fingerprint density at radius 2 is 1.82 bits per heavy atom. The van der Waals surface area contributed by atoms with E-state index in [1.807, 2.05) is 37.3 Å². The van der Waals surface area contributed by atoms with Crippen molar-refractivity contribution >= 4 is 5.91 Å². The minimum Gasteiger partial charge on any atom is -0.484 e. The number of aryl methyl sites for hydroxylation is 1. The Hall–Kier alpha value is -3.94. The fraction of sp³-hybridized carbons (Fsp3) is 0.100. The van der Waals surface area contributed by atoms with Crippen LogP contribution in [-0.4, -0.2) is 32.9 Å². The summed E-state index contributed by atoms with van der Waals surface area (Å²) in [6.45, 7) is 1.87. The van der Waals surface area contributed by atoms with Gasteiger partial charge >= 0.3 is 0 Å². The number of carbonyl (C=O) groups excluding carboxylic acids is 1. The highest BCUT2D eigenvalue weighted by molar-refractivity contribution is 5.75. The quantitative estimate of drug-likeness (QED) is 0.534. The SMILES string of the molecule is Cc1ccc(-c2cc(-c3nc(-c4ccc(OCC(N)=O)cc4)no3)[nH]n2)cc1. The predicted octanol–water partition coefficient (Wildman–Crippen LogP) is 2.97. The van der Waals surface area contributed by atoms with Crippen LogP contribution in [0.1, 0.15) is 5.56 Å². The second kappa shape index (κ2) is 7.36. The molecule has 0 aliphatic heterocycles. The molecular formula is C20H17N5O3. The van der Waals surface area contributed by atoms with Gasteiger partial charge in [0.25, 0.3) is 11.8 Å². The lowest BCUT2D eigenvalue weighted by Crippen LogP contribution is -2.19. The van der Waals surface area contributed by atoms with Crippen LogP contribution in [0.25, 0.3) is 34.2 Å². The van der Waals surface area contributed by atoms with Gasteiger partial charge in [0.05, 0.1) is 5.69 Å². The third-order valence-electron chi connectivity index (χ3n) is 4.08. The van der Waals surface area contributed by atoms with E-state index in [1.165, 1.54) is 5.56 Å². The minimum absolute atomic E-state index is 0.172. The zero-order valence-corrected chi connectivity index (χ0v) is 15.0. The number of nitrogens with one attached hydrogen (secondary N) is 1. The Balaban J connectivity index is 1.51. The summed E-state index contributed by atoms with van der Waals surface area (Å²) in [6, 6.07) is 16.9. The summed E-state index contributed by atoms with van der Waals surface area (Å²) in [5, 5.41) is 11.3. The standard InChI is InChI=1S/C20H17N5O3/c1-12-2-4-13(5-3-12)16-10-17(24-23-16)20-22-19(25-28-20)14-6-8-15(9-7-14)27-11-18(21)26/h2-10H,11H2,1H3,(H2,21,26)(H,23,24). The van der Waals surface area contributed by atoms with Crippen molar-refractivity contribution < 1.29 is 14.1 Å². The molecule has 0 saturated heterocycles. The van der Waals surface area contributed by atoms with Crippen LogP contribution in [0.4, 0.5) is 0 Å². The second-order valence-corrected chi connectivity index (χ2v) is 6.24. The van der Waals surface area contributed by atoms with Crippen molar-refractivity contribution in [1.82, 2.24) is 20.3 Å². The highest BCUT2D eigenvalue weighted by Crippen LogP contribution is 2.26. The largest absolute Gasteiger partial charge is 0.484 e. The Kier molecular flexibility index (Phi) is 4.59. The van der Waals surface area contributed by atoms with E-state index in [1.54, 1.807) is 24.3 Å². The van der Waals surface area contributed by atoms with Crippen molar-refractivity contribution in [3.05, 3.63) is 60.2 Å². The van der Waals surface area contributed by atoms with Gasteiger partial charge in [0.1, 0.15) is 11.4 Å². The topological polar surface area (TPSA) is 120 Å². The molecule has 3 N–H and O–H groups in total. The number of hydrogen-bond acceptors (Lipinski definition) is 6. The van der Waals surface area contributed by atoms with Crippen LogP contribution in [-0.2, 0) is 4.79 Å². The van der Waals surface area contributed by atoms with Gasteiger partial charge in [-0.15, -0.1) is 0 Å². The first-order valence-electron chi connectivity index (χ1n) is 8.56. The summed E-state index contributed by atoms with van der Waals surface area (Å²) >= 11 is 0. The van der Waals surface area contributed by atoms with E-state index in [0.717, 1.165) is 16.8 Å². The van der Waals surface area contributed by atoms with E-state index < -0.39 is 5.91 Å². The van der Waals surface area contributed by atoms with Crippen LogP contribution in [0, 0.1) is 6.92 Å². The first-order chi connectivity index (χ1) is 13.6. The molecule has 4 aromatic rings. The molecule has 0 saturated carbocycles. The van der Waals surface area contributed by atoms with Gasteiger partial charge in [0, 0.05) is 11.1 Å². The van der Waals surface area contributed by atoms with Gasteiger partial charge in [-0.1, -0.05) is 35.0 Å². The number of nitrogens with two attached hydrogens (primary N) is 1. The molecule has 0 aliphatic carbocycles. The molecule has 0 bridgehead atoms. The van der Waals surface area contributed by atoms with Gasteiger partial charge in [-0.05, 0) is 37.3 Å². The maximum atomic E-state index is 10.8. The zero-order chi connectivity index (χ0) is 19.5. The van der Waals surface area contributed by atoms with Gasteiger partial charge in [-0.2, -0.15) is 10.1 Å². The van der Waals surface area contributed by atoms with Crippen LogP contribution < -0.4 is 10.5 Å². The molecule has 2 aromatic heterocycles. The summed E-state index contributed by atoms with van der Waals surface area (Å²) in [6.07, 6.45) is 0.